The lowest BCUT2D eigenvalue weighted by Gasteiger charge is -2.21. The molecular weight excluding hydrogens is 1260 g/mol. The first-order chi connectivity index (χ1) is 46.4. The number of carbonyl (C=O) groups is 4. The minimum Gasteiger partial charge on any atom is -0.462 e. The van der Waals surface area contributed by atoms with E-state index in [1.165, 1.54) is 218 Å². The SMILES string of the molecule is CCCCCCCCCCCCCCCC(=O)OC[C@H](COP(=O)(O)OC[C@H](O)COP(=O)(O)OC[C@@H](COC(=O)CCCCCCCCCCCCC(C)CC)OC(=O)CCCCCCCCCCCCCCCC(C)C)OC(=O)CCCCCCCCCCCCCCC. The van der Waals surface area contributed by atoms with Gasteiger partial charge < -0.3 is 33.8 Å². The maximum absolute atomic E-state index is 13.1. The summed E-state index contributed by atoms with van der Waals surface area (Å²) in [6.07, 6.45) is 56.6. The fraction of sp³-hybridized carbons (Fsp3) is 0.948. The number of aliphatic hydroxyl groups excluding tert-OH is 1. The average Bonchev–Trinajstić information content (AvgIpc) is 1.41. The van der Waals surface area contributed by atoms with Gasteiger partial charge >= 0.3 is 39.5 Å². The Kier molecular flexibility index (Phi) is 67.4. The number of aliphatic hydroxyl groups is 1. The second-order valence-electron chi connectivity index (χ2n) is 28.5. The van der Waals surface area contributed by atoms with Gasteiger partial charge in [0.2, 0.25) is 0 Å². The number of hydrogen-bond acceptors (Lipinski definition) is 15. The molecule has 0 aliphatic rings. The van der Waals surface area contributed by atoms with E-state index in [9.17, 15) is 43.2 Å². The topological polar surface area (TPSA) is 237 Å². The van der Waals surface area contributed by atoms with Crippen molar-refractivity contribution in [3.8, 4) is 0 Å². The maximum Gasteiger partial charge on any atom is 0.472 e. The Bertz CT molecular complexity index is 1860. The molecule has 0 fully saturated rings. The van der Waals surface area contributed by atoms with Crippen LogP contribution in [0.3, 0.4) is 0 Å². The van der Waals surface area contributed by atoms with E-state index in [1.54, 1.807) is 0 Å². The molecule has 19 heteroatoms. The second-order valence-corrected chi connectivity index (χ2v) is 31.4. The molecule has 0 aromatic carbocycles. The molecule has 17 nitrogen and oxygen atoms in total. The van der Waals surface area contributed by atoms with Crippen molar-refractivity contribution in [1.29, 1.82) is 0 Å². The van der Waals surface area contributed by atoms with Crippen LogP contribution < -0.4 is 0 Å². The van der Waals surface area contributed by atoms with Gasteiger partial charge in [-0.1, -0.05) is 350 Å². The standard InChI is InChI=1S/C77H150O17P2/c1-7-10-12-14-16-18-20-23-28-35-41-47-53-59-74(79)87-65-72(93-76(81)61-55-49-43-37-29-24-21-19-17-15-13-11-8-2)67-91-95(83,84)89-63-71(78)64-90-96(85,86)92-68-73(66-88-75(80)60-54-48-42-36-32-31-34-40-46-52-58-70(6)9-3)94-77(82)62-56-50-44-38-30-26-22-25-27-33-39-45-51-57-69(4)5/h69-73,78H,7-68H2,1-6H3,(H,83,84)(H,85,86)/t70?,71-,72+,73+/m0/s1. The molecule has 96 heavy (non-hydrogen) atoms. The molecule has 0 aliphatic carbocycles. The average molecular weight is 1410 g/mol. The minimum absolute atomic E-state index is 0.107. The Labute approximate surface area is 588 Å². The third kappa shape index (κ3) is 69.2. The molecule has 3 N–H and O–H groups in total. The van der Waals surface area contributed by atoms with E-state index in [0.717, 1.165) is 102 Å². The summed E-state index contributed by atoms with van der Waals surface area (Å²) in [5.74, 6) is -0.515. The first-order valence-electron chi connectivity index (χ1n) is 40.0. The predicted octanol–water partition coefficient (Wildman–Crippen LogP) is 22.7. The van der Waals surface area contributed by atoms with E-state index < -0.39 is 97.5 Å². The van der Waals surface area contributed by atoms with Crippen LogP contribution in [0.25, 0.3) is 0 Å². The lowest BCUT2D eigenvalue weighted by molar-refractivity contribution is -0.161. The van der Waals surface area contributed by atoms with Gasteiger partial charge in [0, 0.05) is 25.7 Å². The number of unbranched alkanes of at least 4 members (excludes halogenated alkanes) is 45. The molecule has 6 atom stereocenters. The second kappa shape index (κ2) is 68.8. The molecule has 0 saturated heterocycles. The van der Waals surface area contributed by atoms with Crippen LogP contribution in [0.4, 0.5) is 0 Å². The summed E-state index contributed by atoms with van der Waals surface area (Å²) in [5, 5.41) is 10.6. The van der Waals surface area contributed by atoms with Crippen molar-refractivity contribution in [2.45, 2.75) is 419 Å². The van der Waals surface area contributed by atoms with Crippen LogP contribution in [0.1, 0.15) is 401 Å². The third-order valence-electron chi connectivity index (χ3n) is 18.3. The molecule has 0 aromatic heterocycles. The number of carbonyl (C=O) groups excluding carboxylic acids is 4. The highest BCUT2D eigenvalue weighted by Crippen LogP contribution is 2.45. The zero-order valence-corrected chi connectivity index (χ0v) is 64.5. The highest BCUT2D eigenvalue weighted by Gasteiger charge is 2.30. The summed E-state index contributed by atoms with van der Waals surface area (Å²) >= 11 is 0. The van der Waals surface area contributed by atoms with Crippen molar-refractivity contribution < 1.29 is 80.2 Å². The summed E-state index contributed by atoms with van der Waals surface area (Å²) in [4.78, 5) is 72.9. The van der Waals surface area contributed by atoms with Gasteiger partial charge in [0.05, 0.1) is 26.4 Å². The molecule has 3 unspecified atom stereocenters. The number of phosphoric acid groups is 2. The Morgan fingerprint density at radius 3 is 0.792 bits per heavy atom. The highest BCUT2D eigenvalue weighted by molar-refractivity contribution is 7.47. The van der Waals surface area contributed by atoms with Gasteiger partial charge in [0.25, 0.3) is 0 Å². The molecule has 0 aliphatic heterocycles. The van der Waals surface area contributed by atoms with Gasteiger partial charge in [-0.15, -0.1) is 0 Å². The Morgan fingerprint density at radius 1 is 0.302 bits per heavy atom. The van der Waals surface area contributed by atoms with Crippen LogP contribution >= 0.6 is 15.6 Å². The molecular formula is C77H150O17P2. The first kappa shape index (κ1) is 94.1. The van der Waals surface area contributed by atoms with E-state index in [4.69, 9.17) is 37.0 Å². The van der Waals surface area contributed by atoms with E-state index in [-0.39, 0.29) is 25.7 Å². The third-order valence-corrected chi connectivity index (χ3v) is 20.2. The molecule has 0 radical (unpaired) electrons. The normalized spacial score (nSPS) is 14.3. The van der Waals surface area contributed by atoms with Crippen molar-refractivity contribution in [2.75, 3.05) is 39.6 Å². The van der Waals surface area contributed by atoms with Crippen LogP contribution in [-0.2, 0) is 65.4 Å². The zero-order chi connectivity index (χ0) is 70.7. The predicted molar refractivity (Wildman–Crippen MR) is 391 cm³/mol. The van der Waals surface area contributed by atoms with Crippen LogP contribution in [0.5, 0.6) is 0 Å². The molecule has 0 saturated carbocycles. The molecule has 0 bridgehead atoms. The number of phosphoric ester groups is 2. The first-order valence-corrected chi connectivity index (χ1v) is 43.0. The van der Waals surface area contributed by atoms with Gasteiger partial charge in [-0.3, -0.25) is 37.3 Å². The van der Waals surface area contributed by atoms with Gasteiger partial charge in [0.1, 0.15) is 19.3 Å². The molecule has 0 rings (SSSR count). The van der Waals surface area contributed by atoms with Crippen molar-refractivity contribution in [2.24, 2.45) is 11.8 Å². The van der Waals surface area contributed by atoms with Crippen molar-refractivity contribution >= 4 is 39.5 Å². The summed E-state index contributed by atoms with van der Waals surface area (Å²) in [5.41, 5.74) is 0. The lowest BCUT2D eigenvalue weighted by atomic mass is 9.99. The van der Waals surface area contributed by atoms with Crippen molar-refractivity contribution in [3.63, 3.8) is 0 Å². The molecule has 0 spiro atoms. The number of hydrogen-bond donors (Lipinski definition) is 3. The number of rotatable bonds is 76. The molecule has 0 amide bonds. The summed E-state index contributed by atoms with van der Waals surface area (Å²) in [6, 6.07) is 0. The number of ether oxygens (including phenoxy) is 4. The Balaban J connectivity index is 5.27. The maximum atomic E-state index is 13.1. The van der Waals surface area contributed by atoms with Crippen molar-refractivity contribution in [1.82, 2.24) is 0 Å². The van der Waals surface area contributed by atoms with E-state index in [0.29, 0.717) is 25.7 Å². The zero-order valence-electron chi connectivity index (χ0n) is 62.7. The fourth-order valence-corrected chi connectivity index (χ4v) is 13.4. The number of esters is 4. The Morgan fingerprint density at radius 2 is 0.531 bits per heavy atom. The summed E-state index contributed by atoms with van der Waals surface area (Å²) in [6.45, 7) is 9.66. The van der Waals surface area contributed by atoms with Crippen LogP contribution in [0.2, 0.25) is 0 Å². The van der Waals surface area contributed by atoms with Crippen LogP contribution in [0.15, 0.2) is 0 Å². The molecule has 0 aromatic rings. The smallest absolute Gasteiger partial charge is 0.462 e. The van der Waals surface area contributed by atoms with Gasteiger partial charge in [-0.2, -0.15) is 0 Å². The molecule has 0 heterocycles. The minimum atomic E-state index is -4.96. The van der Waals surface area contributed by atoms with Crippen LogP contribution in [-0.4, -0.2) is 96.7 Å². The van der Waals surface area contributed by atoms with Crippen LogP contribution in [0, 0.1) is 11.8 Å². The van der Waals surface area contributed by atoms with Gasteiger partial charge in [-0.05, 0) is 37.5 Å². The quantitative estimate of drug-likeness (QED) is 0.0222. The Hall–Kier alpha value is -1.94. The highest BCUT2D eigenvalue weighted by atomic mass is 31.2. The van der Waals surface area contributed by atoms with Gasteiger partial charge in [-0.25, -0.2) is 9.13 Å². The van der Waals surface area contributed by atoms with E-state index in [1.807, 2.05) is 0 Å². The van der Waals surface area contributed by atoms with E-state index >= 15 is 0 Å². The van der Waals surface area contributed by atoms with Crippen molar-refractivity contribution in [3.05, 3.63) is 0 Å². The van der Waals surface area contributed by atoms with E-state index in [2.05, 4.69) is 41.5 Å². The van der Waals surface area contributed by atoms with Gasteiger partial charge in [0.15, 0.2) is 12.2 Å². The fourth-order valence-electron chi connectivity index (χ4n) is 11.8. The lowest BCUT2D eigenvalue weighted by Crippen LogP contribution is -2.30. The monoisotopic (exact) mass is 1410 g/mol. The largest absolute Gasteiger partial charge is 0.472 e. The molecule has 570 valence electrons. The summed E-state index contributed by atoms with van der Waals surface area (Å²) in [7, 11) is -9.91. The summed E-state index contributed by atoms with van der Waals surface area (Å²) < 4.78 is 68.6.